The maximum absolute atomic E-state index is 12.6. The normalized spacial score (nSPS) is 16.4. The van der Waals surface area contributed by atoms with Crippen LogP contribution in [0.25, 0.3) is 0 Å². The first-order valence-electron chi connectivity index (χ1n) is 8.44. The van der Waals surface area contributed by atoms with Crippen LogP contribution in [0.3, 0.4) is 0 Å². The summed E-state index contributed by atoms with van der Waals surface area (Å²) < 4.78 is 3.77. The molecule has 0 saturated carbocycles. The van der Waals surface area contributed by atoms with Crippen LogP contribution >= 0.6 is 0 Å². The van der Waals surface area contributed by atoms with E-state index in [1.165, 1.54) is 5.69 Å². The van der Waals surface area contributed by atoms with Crippen LogP contribution in [0, 0.1) is 0 Å². The molecule has 0 aromatic carbocycles. The topological polar surface area (TPSA) is 68.0 Å². The van der Waals surface area contributed by atoms with Gasteiger partial charge in [0.25, 0.3) is 0 Å². The van der Waals surface area contributed by atoms with Gasteiger partial charge >= 0.3 is 6.03 Å². The predicted molar refractivity (Wildman–Crippen MR) is 93.0 cm³/mol. The monoisotopic (exact) mass is 330 g/mol. The molecule has 0 aliphatic carbocycles. The molecule has 0 radical (unpaired) electrons. The first-order valence-corrected chi connectivity index (χ1v) is 8.44. The highest BCUT2D eigenvalue weighted by Gasteiger charge is 2.26. The van der Waals surface area contributed by atoms with Gasteiger partial charge in [0.05, 0.1) is 11.7 Å². The summed E-state index contributed by atoms with van der Waals surface area (Å²) >= 11 is 0. The Labute approximate surface area is 142 Å². The maximum Gasteiger partial charge on any atom is 0.323 e. The number of hydrogen-bond donors (Lipinski definition) is 1. The lowest BCUT2D eigenvalue weighted by molar-refractivity contribution is 0.193. The molecule has 3 rings (SSSR count). The number of nitrogens with one attached hydrogen (secondary N) is 1. The summed E-state index contributed by atoms with van der Waals surface area (Å²) in [5.74, 6) is 1.21. The lowest BCUT2D eigenvalue weighted by Gasteiger charge is -2.32. The molecule has 7 nitrogen and oxygen atoms in total. The third kappa shape index (κ3) is 3.29. The standard InChI is InChI=1S/C17H26N6O/c1-17(2,3)23-15(6-10-19-23)20-16(24)22-11-7-13(8-12-22)14-5-9-18-21(14)4/h5-6,9-10,13H,7-8,11-12H2,1-4H3,(H,20,24). The summed E-state index contributed by atoms with van der Waals surface area (Å²) in [6.45, 7) is 7.70. The molecular formula is C17H26N6O. The molecule has 2 amide bonds. The van der Waals surface area contributed by atoms with Crippen molar-refractivity contribution in [2.24, 2.45) is 7.05 Å². The zero-order valence-corrected chi connectivity index (χ0v) is 14.9. The van der Waals surface area contributed by atoms with E-state index < -0.39 is 0 Å². The van der Waals surface area contributed by atoms with Crippen LogP contribution in [0.15, 0.2) is 24.5 Å². The third-order valence-electron chi connectivity index (χ3n) is 4.57. The molecule has 0 unspecified atom stereocenters. The molecule has 0 bridgehead atoms. The van der Waals surface area contributed by atoms with Gasteiger partial charge in [-0.2, -0.15) is 10.2 Å². The van der Waals surface area contributed by atoms with Crippen LogP contribution < -0.4 is 5.32 Å². The van der Waals surface area contributed by atoms with Crippen LogP contribution in [0.1, 0.15) is 45.2 Å². The molecule has 1 aliphatic heterocycles. The molecule has 1 saturated heterocycles. The van der Waals surface area contributed by atoms with E-state index in [9.17, 15) is 4.79 Å². The highest BCUT2D eigenvalue weighted by molar-refractivity contribution is 5.88. The summed E-state index contributed by atoms with van der Waals surface area (Å²) in [6.07, 6.45) is 5.48. The number of nitrogens with zero attached hydrogens (tertiary/aromatic N) is 5. The Morgan fingerprint density at radius 3 is 2.42 bits per heavy atom. The van der Waals surface area contributed by atoms with E-state index >= 15 is 0 Å². The molecule has 2 aromatic rings. The number of amides is 2. The van der Waals surface area contributed by atoms with Crippen molar-refractivity contribution in [3.63, 3.8) is 0 Å². The smallest absolute Gasteiger partial charge is 0.323 e. The van der Waals surface area contributed by atoms with Gasteiger partial charge in [0, 0.05) is 44.0 Å². The van der Waals surface area contributed by atoms with E-state index in [1.54, 1.807) is 6.20 Å². The molecule has 1 N–H and O–H groups in total. The number of anilines is 1. The second-order valence-electron chi connectivity index (χ2n) is 7.37. The maximum atomic E-state index is 12.6. The number of carbonyl (C=O) groups excluding carboxylic acids is 1. The van der Waals surface area contributed by atoms with Crippen LogP contribution in [0.2, 0.25) is 0 Å². The van der Waals surface area contributed by atoms with E-state index in [0.717, 1.165) is 31.7 Å². The fourth-order valence-corrected chi connectivity index (χ4v) is 3.28. The Morgan fingerprint density at radius 1 is 1.17 bits per heavy atom. The van der Waals surface area contributed by atoms with Gasteiger partial charge < -0.3 is 4.90 Å². The number of piperidine rings is 1. The molecular weight excluding hydrogens is 304 g/mol. The Morgan fingerprint density at radius 2 is 1.83 bits per heavy atom. The van der Waals surface area contributed by atoms with E-state index in [2.05, 4.69) is 42.4 Å². The van der Waals surface area contributed by atoms with Gasteiger partial charge in [-0.05, 0) is 39.7 Å². The molecule has 3 heterocycles. The van der Waals surface area contributed by atoms with Gasteiger partial charge in [0.15, 0.2) is 0 Å². The van der Waals surface area contributed by atoms with Gasteiger partial charge in [0.1, 0.15) is 5.82 Å². The number of aromatic nitrogens is 4. The number of carbonyl (C=O) groups is 1. The van der Waals surface area contributed by atoms with E-state index in [1.807, 2.05) is 33.6 Å². The summed E-state index contributed by atoms with van der Waals surface area (Å²) in [7, 11) is 1.97. The van der Waals surface area contributed by atoms with Crippen LogP contribution in [0.4, 0.5) is 10.6 Å². The summed E-state index contributed by atoms with van der Waals surface area (Å²) in [4.78, 5) is 14.4. The van der Waals surface area contributed by atoms with Gasteiger partial charge in [-0.15, -0.1) is 0 Å². The van der Waals surface area contributed by atoms with Crippen molar-refractivity contribution in [2.75, 3.05) is 18.4 Å². The van der Waals surface area contributed by atoms with Crippen molar-refractivity contribution in [3.05, 3.63) is 30.2 Å². The fraction of sp³-hybridized carbons (Fsp3) is 0.588. The fourth-order valence-electron chi connectivity index (χ4n) is 3.28. The average molecular weight is 330 g/mol. The van der Waals surface area contributed by atoms with Crippen molar-refractivity contribution >= 4 is 11.8 Å². The van der Waals surface area contributed by atoms with Crippen molar-refractivity contribution < 1.29 is 4.79 Å². The van der Waals surface area contributed by atoms with Crippen LogP contribution in [-0.2, 0) is 12.6 Å². The summed E-state index contributed by atoms with van der Waals surface area (Å²) in [5, 5.41) is 11.6. The van der Waals surface area contributed by atoms with Crippen LogP contribution in [-0.4, -0.2) is 43.6 Å². The largest absolute Gasteiger partial charge is 0.324 e. The molecule has 0 spiro atoms. The lowest BCUT2D eigenvalue weighted by atomic mass is 9.93. The summed E-state index contributed by atoms with van der Waals surface area (Å²) in [6, 6.07) is 3.86. The summed E-state index contributed by atoms with van der Waals surface area (Å²) in [5.41, 5.74) is 1.08. The zero-order valence-electron chi connectivity index (χ0n) is 14.9. The Bertz CT molecular complexity index is 703. The highest BCUT2D eigenvalue weighted by Crippen LogP contribution is 2.28. The Kier molecular flexibility index (Phi) is 4.34. The van der Waals surface area contributed by atoms with Crippen molar-refractivity contribution in [2.45, 2.75) is 45.1 Å². The second kappa shape index (κ2) is 6.30. The Hall–Kier alpha value is -2.31. The van der Waals surface area contributed by atoms with Gasteiger partial charge in [-0.25, -0.2) is 9.48 Å². The van der Waals surface area contributed by atoms with Crippen molar-refractivity contribution in [1.82, 2.24) is 24.5 Å². The second-order valence-corrected chi connectivity index (χ2v) is 7.37. The molecule has 2 aromatic heterocycles. The third-order valence-corrected chi connectivity index (χ3v) is 4.57. The minimum atomic E-state index is -0.168. The van der Waals surface area contributed by atoms with E-state index in [0.29, 0.717) is 5.92 Å². The minimum Gasteiger partial charge on any atom is -0.324 e. The number of aryl methyl sites for hydroxylation is 1. The van der Waals surface area contributed by atoms with Gasteiger partial charge in [0.2, 0.25) is 0 Å². The molecule has 0 atom stereocenters. The first kappa shape index (κ1) is 16.5. The SMILES string of the molecule is Cn1nccc1C1CCN(C(=O)Nc2ccnn2C(C)(C)C)CC1. The number of rotatable bonds is 2. The van der Waals surface area contributed by atoms with E-state index in [4.69, 9.17) is 0 Å². The Balaban J connectivity index is 1.60. The van der Waals surface area contributed by atoms with Crippen molar-refractivity contribution in [1.29, 1.82) is 0 Å². The van der Waals surface area contributed by atoms with Gasteiger partial charge in [-0.1, -0.05) is 0 Å². The minimum absolute atomic E-state index is 0.0514. The number of urea groups is 1. The first-order chi connectivity index (χ1) is 11.4. The average Bonchev–Trinajstić information content (AvgIpc) is 3.16. The van der Waals surface area contributed by atoms with Crippen molar-refractivity contribution in [3.8, 4) is 0 Å². The highest BCUT2D eigenvalue weighted by atomic mass is 16.2. The molecule has 1 fully saturated rings. The quantitative estimate of drug-likeness (QED) is 0.920. The molecule has 7 heteroatoms. The zero-order chi connectivity index (χ0) is 17.3. The van der Waals surface area contributed by atoms with E-state index in [-0.39, 0.29) is 11.6 Å². The lowest BCUT2D eigenvalue weighted by Crippen LogP contribution is -2.41. The number of likely N-dealkylation sites (tertiary alicyclic amines) is 1. The molecule has 24 heavy (non-hydrogen) atoms. The molecule has 130 valence electrons. The predicted octanol–water partition coefficient (Wildman–Crippen LogP) is 2.78. The van der Waals surface area contributed by atoms with Gasteiger partial charge in [-0.3, -0.25) is 10.00 Å². The molecule has 1 aliphatic rings. The van der Waals surface area contributed by atoms with Crippen LogP contribution in [0.5, 0.6) is 0 Å². The number of hydrogen-bond acceptors (Lipinski definition) is 3.